The smallest absolute Gasteiger partial charge is 0.260 e. The topological polar surface area (TPSA) is 20.3 Å². The van der Waals surface area contributed by atoms with Crippen LogP contribution in [-0.4, -0.2) is 20.0 Å². The molecule has 0 saturated heterocycles. The number of carbonyl (C=O) groups is 1. The summed E-state index contributed by atoms with van der Waals surface area (Å²) in [5, 5.41) is 0. The Kier molecular flexibility index (Phi) is 5.93. The summed E-state index contributed by atoms with van der Waals surface area (Å²) in [6.07, 6.45) is 4.64. The fraction of sp³-hybridized carbons (Fsp3) is 0.609. The Labute approximate surface area is 171 Å². The van der Waals surface area contributed by atoms with Gasteiger partial charge in [0.05, 0.1) is 11.3 Å². The van der Waals surface area contributed by atoms with E-state index in [0.29, 0.717) is 22.7 Å². The first kappa shape index (κ1) is 20.7. The Balaban J connectivity index is 2.23. The van der Waals surface area contributed by atoms with Gasteiger partial charge in [-0.1, -0.05) is 84.2 Å². The molecule has 3 rings (SSSR count). The van der Waals surface area contributed by atoms with E-state index in [2.05, 4.69) is 58.6 Å². The summed E-state index contributed by atoms with van der Waals surface area (Å²) in [5.74, 6) is 0.145. The second-order valence-corrected chi connectivity index (χ2v) is 15.7. The SMILES string of the molecule is CC(C)[Si](/C(Cl)=C1\C(=O)N(C2CCCC2)c2ccccc21)(C(C)C)C(C)C. The average molecular weight is 404 g/mol. The molecule has 1 aliphatic heterocycles. The van der Waals surface area contributed by atoms with Crippen molar-refractivity contribution in [2.45, 2.75) is 89.9 Å². The fourth-order valence-corrected chi connectivity index (χ4v) is 14.3. The lowest BCUT2D eigenvalue weighted by Crippen LogP contribution is -2.46. The van der Waals surface area contributed by atoms with Crippen LogP contribution in [-0.2, 0) is 4.79 Å². The summed E-state index contributed by atoms with van der Waals surface area (Å²) in [5.41, 5.74) is 4.39. The van der Waals surface area contributed by atoms with Crippen LogP contribution in [0.3, 0.4) is 0 Å². The third-order valence-corrected chi connectivity index (χ3v) is 14.9. The maximum Gasteiger partial charge on any atom is 0.260 e. The van der Waals surface area contributed by atoms with E-state index in [-0.39, 0.29) is 5.91 Å². The maximum atomic E-state index is 13.7. The van der Waals surface area contributed by atoms with E-state index in [1.807, 2.05) is 12.1 Å². The second kappa shape index (κ2) is 7.75. The summed E-state index contributed by atoms with van der Waals surface area (Å²) in [7, 11) is -2.08. The first-order chi connectivity index (χ1) is 12.7. The van der Waals surface area contributed by atoms with E-state index in [1.165, 1.54) is 12.8 Å². The molecule has 0 atom stereocenters. The van der Waals surface area contributed by atoms with Crippen molar-refractivity contribution < 1.29 is 4.79 Å². The largest absolute Gasteiger partial charge is 0.305 e. The predicted molar refractivity (Wildman–Crippen MR) is 120 cm³/mol. The minimum Gasteiger partial charge on any atom is -0.305 e. The zero-order valence-electron chi connectivity index (χ0n) is 17.7. The lowest BCUT2D eigenvalue weighted by molar-refractivity contribution is -0.113. The highest BCUT2D eigenvalue weighted by molar-refractivity contribution is 6.98. The van der Waals surface area contributed by atoms with Crippen LogP contribution >= 0.6 is 11.6 Å². The average Bonchev–Trinajstić information content (AvgIpc) is 3.18. The van der Waals surface area contributed by atoms with Gasteiger partial charge in [-0.15, -0.1) is 0 Å². The van der Waals surface area contributed by atoms with Gasteiger partial charge in [-0.2, -0.15) is 0 Å². The lowest BCUT2D eigenvalue weighted by atomic mass is 10.1. The Morgan fingerprint density at radius 2 is 1.52 bits per heavy atom. The van der Waals surface area contributed by atoms with Crippen molar-refractivity contribution in [3.8, 4) is 0 Å². The highest BCUT2D eigenvalue weighted by atomic mass is 35.5. The molecule has 1 aliphatic carbocycles. The van der Waals surface area contributed by atoms with Crippen LogP contribution in [0, 0.1) is 0 Å². The molecule has 1 amide bonds. The molecule has 1 fully saturated rings. The molecular weight excluding hydrogens is 370 g/mol. The number of para-hydroxylation sites is 1. The van der Waals surface area contributed by atoms with Crippen LogP contribution in [0.15, 0.2) is 28.9 Å². The quantitative estimate of drug-likeness (QED) is 0.377. The van der Waals surface area contributed by atoms with E-state index in [0.717, 1.165) is 34.3 Å². The van der Waals surface area contributed by atoms with Gasteiger partial charge in [-0.3, -0.25) is 4.79 Å². The summed E-state index contributed by atoms with van der Waals surface area (Å²) >= 11 is 7.28. The Morgan fingerprint density at radius 3 is 2.04 bits per heavy atom. The predicted octanol–water partition coefficient (Wildman–Crippen LogP) is 7.14. The number of anilines is 1. The summed E-state index contributed by atoms with van der Waals surface area (Å²) in [4.78, 5) is 15.8. The molecule has 27 heavy (non-hydrogen) atoms. The molecule has 2 aliphatic rings. The van der Waals surface area contributed by atoms with Gasteiger partial charge in [0.15, 0.2) is 0 Å². The van der Waals surface area contributed by atoms with Crippen molar-refractivity contribution in [1.29, 1.82) is 0 Å². The molecule has 0 radical (unpaired) electrons. The molecule has 1 aromatic rings. The molecule has 1 saturated carbocycles. The third kappa shape index (κ3) is 3.11. The second-order valence-electron chi connectivity index (χ2n) is 9.22. The number of benzene rings is 1. The van der Waals surface area contributed by atoms with Gasteiger partial charge in [0.25, 0.3) is 5.91 Å². The third-order valence-electron chi connectivity index (χ3n) is 7.02. The normalized spacial score (nSPS) is 20.4. The molecule has 1 heterocycles. The zero-order chi connectivity index (χ0) is 19.9. The van der Waals surface area contributed by atoms with E-state index in [4.69, 9.17) is 11.6 Å². The standard InChI is InChI=1S/C23H34ClNOSi/c1-15(2)27(16(3)4,17(5)6)22(24)21-19-13-9-10-14-20(19)25(23(21)26)18-11-7-8-12-18/h9-10,13-18H,7-8,11-12H2,1-6H3/b22-21-. The molecule has 0 aromatic heterocycles. The van der Waals surface area contributed by atoms with E-state index in [1.54, 1.807) is 0 Å². The van der Waals surface area contributed by atoms with Gasteiger partial charge in [-0.25, -0.2) is 0 Å². The Hall–Kier alpha value is -1.06. The first-order valence-electron chi connectivity index (χ1n) is 10.6. The highest BCUT2D eigenvalue weighted by Gasteiger charge is 2.50. The number of hydrogen-bond acceptors (Lipinski definition) is 1. The number of rotatable bonds is 5. The Bertz CT molecular complexity index is 725. The molecular formula is C23H34ClNOSi. The first-order valence-corrected chi connectivity index (χ1v) is 13.2. The van der Waals surface area contributed by atoms with Gasteiger partial charge >= 0.3 is 0 Å². The number of carbonyl (C=O) groups excluding carboxylic acids is 1. The minimum absolute atomic E-state index is 0.145. The molecule has 4 heteroatoms. The minimum atomic E-state index is -2.08. The van der Waals surface area contributed by atoms with Crippen LogP contribution < -0.4 is 4.90 Å². The monoisotopic (exact) mass is 403 g/mol. The molecule has 0 unspecified atom stereocenters. The van der Waals surface area contributed by atoms with Crippen molar-refractivity contribution in [3.63, 3.8) is 0 Å². The highest BCUT2D eigenvalue weighted by Crippen LogP contribution is 2.53. The fourth-order valence-electron chi connectivity index (χ4n) is 5.95. The molecule has 2 nitrogen and oxygen atoms in total. The lowest BCUT2D eigenvalue weighted by Gasteiger charge is -2.43. The number of amides is 1. The van der Waals surface area contributed by atoms with Crippen LogP contribution in [0.4, 0.5) is 5.69 Å². The van der Waals surface area contributed by atoms with Crippen molar-refractivity contribution in [2.75, 3.05) is 4.90 Å². The van der Waals surface area contributed by atoms with Gasteiger partial charge in [-0.05, 0) is 35.5 Å². The van der Waals surface area contributed by atoms with Crippen molar-refractivity contribution in [2.24, 2.45) is 0 Å². The van der Waals surface area contributed by atoms with Crippen molar-refractivity contribution >= 4 is 36.8 Å². The number of hydrogen-bond donors (Lipinski definition) is 0. The number of halogens is 1. The molecule has 148 valence electrons. The van der Waals surface area contributed by atoms with E-state index < -0.39 is 8.07 Å². The van der Waals surface area contributed by atoms with Crippen LogP contribution in [0.1, 0.15) is 72.8 Å². The number of nitrogens with zero attached hydrogens (tertiary/aromatic N) is 1. The van der Waals surface area contributed by atoms with Crippen LogP contribution in [0.25, 0.3) is 5.57 Å². The van der Waals surface area contributed by atoms with Gasteiger partial charge < -0.3 is 4.90 Å². The maximum absolute atomic E-state index is 13.7. The van der Waals surface area contributed by atoms with Crippen molar-refractivity contribution in [1.82, 2.24) is 0 Å². The number of fused-ring (bicyclic) bond motifs is 1. The summed E-state index contributed by atoms with van der Waals surface area (Å²) < 4.78 is 0.903. The van der Waals surface area contributed by atoms with Gasteiger partial charge in [0.1, 0.15) is 8.07 Å². The molecule has 0 bridgehead atoms. The van der Waals surface area contributed by atoms with Crippen molar-refractivity contribution in [3.05, 3.63) is 34.5 Å². The summed E-state index contributed by atoms with van der Waals surface area (Å²) in [6.45, 7) is 13.8. The van der Waals surface area contributed by atoms with E-state index in [9.17, 15) is 4.79 Å². The molecule has 0 N–H and O–H groups in total. The Morgan fingerprint density at radius 1 is 1.00 bits per heavy atom. The molecule has 1 aromatic carbocycles. The summed E-state index contributed by atoms with van der Waals surface area (Å²) in [6, 6.07) is 8.61. The van der Waals surface area contributed by atoms with Gasteiger partial charge in [0.2, 0.25) is 0 Å². The van der Waals surface area contributed by atoms with E-state index >= 15 is 0 Å². The van der Waals surface area contributed by atoms with Crippen LogP contribution in [0.5, 0.6) is 0 Å². The zero-order valence-corrected chi connectivity index (χ0v) is 19.4. The molecule has 0 spiro atoms. The van der Waals surface area contributed by atoms with Crippen LogP contribution in [0.2, 0.25) is 16.6 Å². The van der Waals surface area contributed by atoms with Gasteiger partial charge in [0, 0.05) is 16.3 Å².